The first-order valence-corrected chi connectivity index (χ1v) is 10.2. The van der Waals surface area contributed by atoms with Gasteiger partial charge in [0.25, 0.3) is 5.91 Å². The van der Waals surface area contributed by atoms with Crippen LogP contribution in [0.15, 0.2) is 70.2 Å². The number of hydrogen-bond donors (Lipinski definition) is 1. The summed E-state index contributed by atoms with van der Waals surface area (Å²) in [7, 11) is -3.83. The third kappa shape index (κ3) is 4.14. The van der Waals surface area contributed by atoms with E-state index in [9.17, 15) is 17.6 Å². The van der Waals surface area contributed by atoms with E-state index in [4.69, 9.17) is 4.42 Å². The quantitative estimate of drug-likeness (QED) is 0.678. The molecule has 5 nitrogen and oxygen atoms in total. The van der Waals surface area contributed by atoms with E-state index in [1.165, 1.54) is 24.5 Å². The van der Waals surface area contributed by atoms with Crippen LogP contribution in [0, 0.1) is 19.7 Å². The van der Waals surface area contributed by atoms with Gasteiger partial charge in [0, 0.05) is 12.1 Å². The molecular formula is C21H20FNO4S. The number of benzene rings is 2. The molecule has 0 unspecified atom stereocenters. The summed E-state index contributed by atoms with van der Waals surface area (Å²) in [5.41, 5.74) is 1.94. The Hall–Kier alpha value is -2.93. The second-order valence-electron chi connectivity index (χ2n) is 6.52. The van der Waals surface area contributed by atoms with Crippen molar-refractivity contribution >= 4 is 15.7 Å². The zero-order chi connectivity index (χ0) is 20.3. The van der Waals surface area contributed by atoms with E-state index in [0.717, 1.165) is 17.2 Å². The number of carbonyl (C=O) groups excluding carboxylic acids is 1. The average Bonchev–Trinajstić information content (AvgIpc) is 3.18. The first kappa shape index (κ1) is 19.8. The molecule has 0 aliphatic rings. The van der Waals surface area contributed by atoms with E-state index in [-0.39, 0.29) is 22.8 Å². The Balaban J connectivity index is 1.89. The number of sulfone groups is 1. The third-order valence-corrected chi connectivity index (χ3v) is 6.64. The Kier molecular flexibility index (Phi) is 5.65. The second kappa shape index (κ2) is 7.98. The average molecular weight is 401 g/mol. The number of furan rings is 1. The van der Waals surface area contributed by atoms with Crippen molar-refractivity contribution in [3.8, 4) is 0 Å². The monoisotopic (exact) mass is 401 g/mol. The minimum Gasteiger partial charge on any atom is -0.468 e. The van der Waals surface area contributed by atoms with E-state index in [2.05, 4.69) is 5.32 Å². The maximum atomic E-state index is 13.3. The molecule has 1 heterocycles. The lowest BCUT2D eigenvalue weighted by Crippen LogP contribution is -2.31. The number of hydrogen-bond acceptors (Lipinski definition) is 4. The predicted octanol–water partition coefficient (Wildman–Crippen LogP) is 3.98. The highest BCUT2D eigenvalue weighted by Gasteiger charge is 2.32. The Labute approximate surface area is 163 Å². The summed E-state index contributed by atoms with van der Waals surface area (Å²) < 4.78 is 45.1. The molecule has 3 rings (SSSR count). The normalized spacial score (nSPS) is 12.5. The topological polar surface area (TPSA) is 76.4 Å². The van der Waals surface area contributed by atoms with Crippen molar-refractivity contribution in [1.29, 1.82) is 0 Å². The zero-order valence-corrected chi connectivity index (χ0v) is 16.3. The van der Waals surface area contributed by atoms with Crippen LogP contribution >= 0.6 is 0 Å². The van der Waals surface area contributed by atoms with Crippen LogP contribution in [-0.4, -0.2) is 20.9 Å². The summed E-state index contributed by atoms with van der Waals surface area (Å²) in [4.78, 5) is 12.5. The molecule has 0 spiro atoms. The van der Waals surface area contributed by atoms with Crippen molar-refractivity contribution in [1.82, 2.24) is 5.32 Å². The third-order valence-electron chi connectivity index (χ3n) is 4.58. The summed E-state index contributed by atoms with van der Waals surface area (Å²) in [6, 6.07) is 13.2. The number of carbonyl (C=O) groups is 1. The van der Waals surface area contributed by atoms with Crippen LogP contribution in [0.4, 0.5) is 4.39 Å². The number of nitrogens with one attached hydrogen (secondary N) is 1. The van der Waals surface area contributed by atoms with Gasteiger partial charge in [0.15, 0.2) is 9.84 Å². The fourth-order valence-corrected chi connectivity index (χ4v) is 4.48. The van der Waals surface area contributed by atoms with E-state index < -0.39 is 26.8 Å². The van der Waals surface area contributed by atoms with Gasteiger partial charge >= 0.3 is 0 Å². The lowest BCUT2D eigenvalue weighted by atomic mass is 10.1. The molecule has 7 heteroatoms. The summed E-state index contributed by atoms with van der Waals surface area (Å²) in [6.07, 6.45) is 1.38. The molecule has 0 bridgehead atoms. The van der Waals surface area contributed by atoms with Gasteiger partial charge in [-0.25, -0.2) is 12.8 Å². The number of rotatable bonds is 6. The molecular weight excluding hydrogens is 381 g/mol. The minimum atomic E-state index is -3.83. The number of aryl methyl sites for hydroxylation is 2. The predicted molar refractivity (Wildman–Crippen MR) is 103 cm³/mol. The molecule has 0 saturated carbocycles. The van der Waals surface area contributed by atoms with E-state index >= 15 is 0 Å². The second-order valence-corrected chi connectivity index (χ2v) is 8.65. The molecule has 0 aliphatic heterocycles. The molecule has 0 radical (unpaired) electrons. The van der Waals surface area contributed by atoms with E-state index in [1.807, 2.05) is 13.8 Å². The SMILES string of the molecule is Cc1ccc(S(=O)(=O)[C@H](CNC(=O)c2cccc(F)c2)c2ccco2)cc1C. The maximum absolute atomic E-state index is 13.3. The highest BCUT2D eigenvalue weighted by Crippen LogP contribution is 2.30. The van der Waals surface area contributed by atoms with Crippen LogP contribution < -0.4 is 5.32 Å². The Bertz CT molecular complexity index is 1090. The van der Waals surface area contributed by atoms with Crippen molar-refractivity contribution in [3.63, 3.8) is 0 Å². The van der Waals surface area contributed by atoms with Gasteiger partial charge in [0.1, 0.15) is 16.8 Å². The van der Waals surface area contributed by atoms with Crippen LogP contribution in [0.5, 0.6) is 0 Å². The van der Waals surface area contributed by atoms with Gasteiger partial charge in [-0.2, -0.15) is 0 Å². The van der Waals surface area contributed by atoms with Gasteiger partial charge in [0.2, 0.25) is 0 Å². The lowest BCUT2D eigenvalue weighted by molar-refractivity contribution is 0.0952. The molecule has 3 aromatic rings. The molecule has 1 amide bonds. The van der Waals surface area contributed by atoms with Gasteiger partial charge in [-0.3, -0.25) is 4.79 Å². The van der Waals surface area contributed by atoms with Crippen LogP contribution in [-0.2, 0) is 9.84 Å². The first-order valence-electron chi connectivity index (χ1n) is 8.67. The van der Waals surface area contributed by atoms with Gasteiger partial charge in [-0.05, 0) is 67.4 Å². The first-order chi connectivity index (χ1) is 13.3. The molecule has 2 aromatic carbocycles. The molecule has 0 saturated heterocycles. The van der Waals surface area contributed by atoms with Crippen molar-refractivity contribution < 1.29 is 22.0 Å². The fourth-order valence-electron chi connectivity index (χ4n) is 2.81. The number of amides is 1. The van der Waals surface area contributed by atoms with Gasteiger partial charge < -0.3 is 9.73 Å². The highest BCUT2D eigenvalue weighted by atomic mass is 32.2. The van der Waals surface area contributed by atoms with Gasteiger partial charge in [-0.15, -0.1) is 0 Å². The number of halogens is 1. The van der Waals surface area contributed by atoms with Crippen molar-refractivity contribution in [3.05, 3.63) is 89.1 Å². The molecule has 28 heavy (non-hydrogen) atoms. The molecule has 146 valence electrons. The highest BCUT2D eigenvalue weighted by molar-refractivity contribution is 7.91. The standard InChI is InChI=1S/C21H20FNO4S/c1-14-8-9-18(11-15(14)2)28(25,26)20(19-7-4-10-27-19)13-23-21(24)16-5-3-6-17(22)12-16/h3-12,20H,13H2,1-2H3,(H,23,24)/t20-/m1/s1. The van der Waals surface area contributed by atoms with Gasteiger partial charge in [-0.1, -0.05) is 12.1 Å². The molecule has 1 atom stereocenters. The molecule has 1 N–H and O–H groups in total. The molecule has 1 aromatic heterocycles. The van der Waals surface area contributed by atoms with E-state index in [0.29, 0.717) is 0 Å². The smallest absolute Gasteiger partial charge is 0.251 e. The summed E-state index contributed by atoms with van der Waals surface area (Å²) in [5.74, 6) is -0.887. The van der Waals surface area contributed by atoms with Gasteiger partial charge in [0.05, 0.1) is 11.2 Å². The summed E-state index contributed by atoms with van der Waals surface area (Å²) in [6.45, 7) is 3.52. The molecule has 0 aliphatic carbocycles. The lowest BCUT2D eigenvalue weighted by Gasteiger charge is -2.17. The van der Waals surface area contributed by atoms with Crippen molar-refractivity contribution in [2.75, 3.05) is 6.54 Å². The van der Waals surface area contributed by atoms with Crippen LogP contribution in [0.3, 0.4) is 0 Å². The largest absolute Gasteiger partial charge is 0.468 e. The van der Waals surface area contributed by atoms with Crippen LogP contribution in [0.1, 0.15) is 32.5 Å². The minimum absolute atomic E-state index is 0.113. The van der Waals surface area contributed by atoms with Crippen molar-refractivity contribution in [2.45, 2.75) is 24.0 Å². The molecule has 0 fully saturated rings. The summed E-state index contributed by atoms with van der Waals surface area (Å²) in [5, 5.41) is 1.46. The Morgan fingerprint density at radius 1 is 1.07 bits per heavy atom. The zero-order valence-electron chi connectivity index (χ0n) is 15.5. The van der Waals surface area contributed by atoms with Crippen molar-refractivity contribution in [2.24, 2.45) is 0 Å². The summed E-state index contributed by atoms with van der Waals surface area (Å²) >= 11 is 0. The Morgan fingerprint density at radius 2 is 1.86 bits per heavy atom. The van der Waals surface area contributed by atoms with E-state index in [1.54, 1.807) is 30.3 Å². The van der Waals surface area contributed by atoms with Crippen LogP contribution in [0.2, 0.25) is 0 Å². The van der Waals surface area contributed by atoms with Crippen LogP contribution in [0.25, 0.3) is 0 Å². The fraction of sp³-hybridized carbons (Fsp3) is 0.190. The maximum Gasteiger partial charge on any atom is 0.251 e. The Morgan fingerprint density at radius 3 is 2.50 bits per heavy atom.